The quantitative estimate of drug-likeness (QED) is 0.157. The van der Waals surface area contributed by atoms with Crippen LogP contribution in [0.2, 0.25) is 0 Å². The molecule has 8 rings (SSSR count). The maximum absolute atomic E-state index is 17.2. The first kappa shape index (κ1) is 43.6. The molecular formula is C40H36B2ClF2FeN7O6. The van der Waals surface area contributed by atoms with Crippen LogP contribution in [-0.2, 0) is 45.6 Å². The van der Waals surface area contributed by atoms with E-state index in [1.54, 1.807) is 135 Å². The number of hydrogen-bond donors (Lipinski definition) is 0. The van der Waals surface area contributed by atoms with Gasteiger partial charge in [0.25, 0.3) is 0 Å². The summed E-state index contributed by atoms with van der Waals surface area (Å²) >= 11 is 6.45. The van der Waals surface area contributed by atoms with Crippen molar-refractivity contribution >= 4 is 59.5 Å². The number of halogens is 3. The average Bonchev–Trinajstić information content (AvgIpc) is 3.28. The van der Waals surface area contributed by atoms with Gasteiger partial charge < -0.3 is 42.1 Å². The van der Waals surface area contributed by atoms with Crippen LogP contribution in [0.25, 0.3) is 0 Å². The minimum atomic E-state index is -4.59. The number of oxime groups is 6. The fraction of sp³-hybridized carbons (Fsp3) is 0.100. The van der Waals surface area contributed by atoms with E-state index in [1.165, 1.54) is 4.90 Å². The molecule has 19 heteroatoms. The van der Waals surface area contributed by atoms with Gasteiger partial charge in [-0.25, -0.2) is 0 Å². The van der Waals surface area contributed by atoms with Crippen LogP contribution in [0.5, 0.6) is 0 Å². The summed E-state index contributed by atoms with van der Waals surface area (Å²) in [5.74, 6) is -0.295. The second-order valence-corrected chi connectivity index (χ2v) is 12.5. The minimum Gasteiger partial charge on any atom is -0.509 e. The van der Waals surface area contributed by atoms with Crippen molar-refractivity contribution in [3.63, 3.8) is 0 Å². The number of nitrogens with zero attached hydrogens (tertiary/aromatic N) is 7. The Morgan fingerprint density at radius 3 is 0.932 bits per heavy atom. The number of fused-ring (bicyclic) bond motifs is 9. The van der Waals surface area contributed by atoms with E-state index in [0.717, 1.165) is 0 Å². The van der Waals surface area contributed by atoms with Crippen molar-refractivity contribution in [2.45, 2.75) is 13.8 Å². The van der Waals surface area contributed by atoms with E-state index in [9.17, 15) is 0 Å². The fourth-order valence-corrected chi connectivity index (χ4v) is 5.48. The Hall–Kier alpha value is -6.48. The van der Waals surface area contributed by atoms with E-state index < -0.39 is 19.2 Å². The third-order valence-corrected chi connectivity index (χ3v) is 8.39. The molecule has 0 unspecified atom stereocenters. The number of amidine groups is 1. The molecule has 0 atom stereocenters. The molecule has 0 N–H and O–H groups in total. The minimum absolute atomic E-state index is 0. The van der Waals surface area contributed by atoms with Crippen molar-refractivity contribution in [2.24, 2.45) is 30.9 Å². The van der Waals surface area contributed by atoms with Gasteiger partial charge in [0.05, 0.1) is 0 Å². The normalized spacial score (nSPS) is 24.4. The van der Waals surface area contributed by atoms with Crippen molar-refractivity contribution in [1.82, 2.24) is 4.90 Å². The number of benzene rings is 5. The summed E-state index contributed by atoms with van der Waals surface area (Å²) < 4.78 is 66.6. The van der Waals surface area contributed by atoms with Crippen molar-refractivity contribution < 1.29 is 54.2 Å². The third-order valence-electron chi connectivity index (χ3n) is 8.16. The molecule has 0 saturated heterocycles. The van der Waals surface area contributed by atoms with Gasteiger partial charge >= 0.3 is 31.1 Å². The third kappa shape index (κ3) is 11.8. The van der Waals surface area contributed by atoms with Gasteiger partial charge in [-0.3, -0.25) is 0 Å². The van der Waals surface area contributed by atoms with Gasteiger partial charge in [-0.2, -0.15) is 0 Å². The van der Waals surface area contributed by atoms with Crippen LogP contribution in [-0.4, -0.2) is 65.9 Å². The van der Waals surface area contributed by atoms with Crippen molar-refractivity contribution in [1.29, 1.82) is 0 Å². The summed E-state index contributed by atoms with van der Waals surface area (Å²) in [6.45, 7) is 4.06. The molecule has 13 nitrogen and oxygen atoms in total. The molecule has 5 aromatic carbocycles. The van der Waals surface area contributed by atoms with E-state index in [1.807, 2.05) is 36.4 Å². The summed E-state index contributed by atoms with van der Waals surface area (Å²) in [5.41, 5.74) is 0.761. The van der Waals surface area contributed by atoms with Gasteiger partial charge in [-0.15, -0.1) is 30.9 Å². The standard InChI is InChI=1S/C34H30B2ClF2N7O6.C6H6.Fe/c1-3-46(4-2)34-33(37)44-51-35(38)47-40-29(25-17-9-5-10-18-25)31(27-21-13-7-14-22-27)42-49-36(39,52-45-34)50-43-32(28-23-15-8-16-24-28)30(41-48-35)26-19-11-6-12-20-26;1-2-4-6-5-3-1;/h5-24H,3-4H2,1-2H3;1-6H;/q-2;;+2/b40-29+,41-30+,42-31+,43-32+,44-33-,45-34-;;. The number of rotatable bonds is 6. The van der Waals surface area contributed by atoms with Gasteiger partial charge in [0.1, 0.15) is 22.8 Å². The van der Waals surface area contributed by atoms with Crippen LogP contribution in [0, 0.1) is 0 Å². The topological polar surface area (TPSA) is 133 Å². The zero-order chi connectivity index (χ0) is 40.6. The molecule has 5 aromatic rings. The van der Waals surface area contributed by atoms with Crippen LogP contribution in [0.4, 0.5) is 8.63 Å². The van der Waals surface area contributed by atoms with Crippen molar-refractivity contribution in [3.8, 4) is 0 Å². The van der Waals surface area contributed by atoms with E-state index >= 15 is 8.63 Å². The Morgan fingerprint density at radius 1 is 0.424 bits per heavy atom. The van der Waals surface area contributed by atoms with Crippen LogP contribution in [0.3, 0.4) is 0 Å². The first-order valence-corrected chi connectivity index (χ1v) is 18.5. The molecule has 0 amide bonds. The first-order valence-electron chi connectivity index (χ1n) is 18.1. The zero-order valence-electron chi connectivity index (χ0n) is 31.6. The molecule has 0 aromatic heterocycles. The smallest absolute Gasteiger partial charge is 0.509 e. The van der Waals surface area contributed by atoms with Gasteiger partial charge in [0.2, 0.25) is 11.0 Å². The van der Waals surface area contributed by atoms with Gasteiger partial charge in [0.15, 0.2) is 0 Å². The maximum atomic E-state index is 17.2. The average molecular weight is 862 g/mol. The SMILES string of the molecule is CCN(CC)C1=N\O[B-]2(F)O/N=C(c3ccccc3)/C(c3ccccc3)=N/O[B-](F)(O\N=C\1Cl)O/N=C(c1ccccc1)/C(c1ccccc1)=N/O2.[Fe+2].c1ccccc1. The molecule has 3 heterocycles. The van der Waals surface area contributed by atoms with Gasteiger partial charge in [-0.05, 0) is 13.8 Å². The monoisotopic (exact) mass is 861 g/mol. The summed E-state index contributed by atoms with van der Waals surface area (Å²) in [5, 5.41) is 23.4. The molecule has 59 heavy (non-hydrogen) atoms. The summed E-state index contributed by atoms with van der Waals surface area (Å²) in [4.78, 5) is 1.51. The molecule has 0 radical (unpaired) electrons. The Balaban J connectivity index is 0.000000867. The summed E-state index contributed by atoms with van der Waals surface area (Å²) in [7, 11) is -9.17. The van der Waals surface area contributed by atoms with E-state index in [4.69, 9.17) is 40.1 Å². The summed E-state index contributed by atoms with van der Waals surface area (Å²) in [6, 6.07) is 45.5. The fourth-order valence-electron chi connectivity index (χ4n) is 5.29. The number of hydrogen-bond acceptors (Lipinski definition) is 13. The first-order chi connectivity index (χ1) is 28.3. The molecular weight excluding hydrogens is 825 g/mol. The molecule has 0 aliphatic carbocycles. The second kappa shape index (κ2) is 21.3. The van der Waals surface area contributed by atoms with Crippen LogP contribution < -0.4 is 0 Å². The largest absolute Gasteiger partial charge is 2.00 e. The second-order valence-electron chi connectivity index (χ2n) is 12.1. The van der Waals surface area contributed by atoms with Crippen molar-refractivity contribution in [3.05, 3.63) is 180 Å². The molecule has 3 aliphatic heterocycles. The molecule has 3 aliphatic rings. The predicted octanol–water partition coefficient (Wildman–Crippen LogP) is 8.43. The molecule has 0 saturated carbocycles. The van der Waals surface area contributed by atoms with E-state index in [-0.39, 0.29) is 58.8 Å². The Labute approximate surface area is 355 Å². The van der Waals surface area contributed by atoms with Crippen molar-refractivity contribution in [2.75, 3.05) is 13.1 Å². The van der Waals surface area contributed by atoms with Crippen LogP contribution in [0.15, 0.2) is 189 Å². The molecule has 0 fully saturated rings. The zero-order valence-corrected chi connectivity index (χ0v) is 33.5. The molecule has 2 bridgehead atoms. The Kier molecular flexibility index (Phi) is 15.8. The molecule has 302 valence electrons. The van der Waals surface area contributed by atoms with E-state index in [2.05, 4.69) is 30.9 Å². The van der Waals surface area contributed by atoms with E-state index in [0.29, 0.717) is 22.3 Å². The van der Waals surface area contributed by atoms with Crippen LogP contribution >= 0.6 is 11.6 Å². The van der Waals surface area contributed by atoms with Gasteiger partial charge in [-0.1, -0.05) is 169 Å². The predicted molar refractivity (Wildman–Crippen MR) is 222 cm³/mol. The van der Waals surface area contributed by atoms with Crippen LogP contribution in [0.1, 0.15) is 36.1 Å². The molecule has 0 spiro atoms. The Morgan fingerprint density at radius 2 is 0.661 bits per heavy atom. The maximum Gasteiger partial charge on any atom is 2.00 e. The van der Waals surface area contributed by atoms with Gasteiger partial charge in [0, 0.05) is 35.3 Å². The summed E-state index contributed by atoms with van der Waals surface area (Å²) in [6.07, 6.45) is 0. The Bertz CT molecular complexity index is 2140.